The van der Waals surface area contributed by atoms with E-state index in [1.165, 1.54) is 12.1 Å². The van der Waals surface area contributed by atoms with Gasteiger partial charge in [0, 0.05) is 11.6 Å². The van der Waals surface area contributed by atoms with Crippen LogP contribution in [-0.4, -0.2) is 23.5 Å². The van der Waals surface area contributed by atoms with E-state index in [2.05, 4.69) is 5.32 Å². The summed E-state index contributed by atoms with van der Waals surface area (Å²) in [6.45, 7) is 0. The number of benzene rings is 1. The van der Waals surface area contributed by atoms with E-state index >= 15 is 0 Å². The van der Waals surface area contributed by atoms with Crippen molar-refractivity contribution in [1.29, 1.82) is 0 Å². The highest BCUT2D eigenvalue weighted by atomic mass is 19.1. The lowest BCUT2D eigenvalue weighted by Gasteiger charge is -1.96. The van der Waals surface area contributed by atoms with Crippen molar-refractivity contribution in [2.75, 3.05) is 7.05 Å². The lowest BCUT2D eigenvalue weighted by molar-refractivity contribution is -0.432. The fourth-order valence-electron chi connectivity index (χ4n) is 2.04. The monoisotopic (exact) mass is 286 g/mol. The van der Waals surface area contributed by atoms with E-state index in [4.69, 9.17) is 10.2 Å². The van der Waals surface area contributed by atoms with E-state index < -0.39 is 0 Å². The van der Waals surface area contributed by atoms with Gasteiger partial charge < -0.3 is 4.42 Å². The molecular weight excluding hydrogens is 273 g/mol. The molecule has 0 unspecified atom stereocenters. The van der Waals surface area contributed by atoms with Crippen LogP contribution < -0.4 is 11.1 Å². The van der Waals surface area contributed by atoms with Crippen molar-refractivity contribution in [1.82, 2.24) is 5.32 Å². The molecule has 0 aliphatic carbocycles. The standard InChI is InChI=1S/C15H12FN3O2/c1-19-12(14(20)18-15(19)17)8-11-6-7-13(21-11)9-2-4-10(16)5-3-9/h2-8H,1H3,(H2,17,18,20)/p+1. The van der Waals surface area contributed by atoms with Crippen LogP contribution in [0.15, 0.2) is 46.5 Å². The minimum atomic E-state index is -0.303. The Morgan fingerprint density at radius 2 is 1.95 bits per heavy atom. The second-order valence-electron chi connectivity index (χ2n) is 4.64. The third-order valence-electron chi connectivity index (χ3n) is 3.23. The van der Waals surface area contributed by atoms with Crippen molar-refractivity contribution in [3.8, 4) is 11.3 Å². The minimum Gasteiger partial charge on any atom is -0.457 e. The number of hydrogen-bond acceptors (Lipinski definition) is 3. The number of likely N-dealkylation sites (N-methyl/N-ethyl adjacent to an activating group) is 1. The van der Waals surface area contributed by atoms with Gasteiger partial charge in [-0.2, -0.15) is 0 Å². The third-order valence-corrected chi connectivity index (χ3v) is 3.23. The second kappa shape index (κ2) is 4.90. The molecule has 0 atom stereocenters. The number of amides is 1. The minimum absolute atomic E-state index is 0.275. The van der Waals surface area contributed by atoms with Crippen LogP contribution in [0.5, 0.6) is 0 Å². The van der Waals surface area contributed by atoms with E-state index in [-0.39, 0.29) is 17.7 Å². The molecule has 1 aromatic carbocycles. The van der Waals surface area contributed by atoms with Gasteiger partial charge in [0.05, 0.1) is 7.05 Å². The molecule has 0 spiro atoms. The summed E-state index contributed by atoms with van der Waals surface area (Å²) in [6, 6.07) is 9.49. The Morgan fingerprint density at radius 1 is 1.24 bits per heavy atom. The van der Waals surface area contributed by atoms with Gasteiger partial charge in [0.25, 0.3) is 0 Å². The maximum atomic E-state index is 12.9. The Kier molecular flexibility index (Phi) is 3.06. The number of carbonyl (C=O) groups excluding carboxylic acids is 1. The molecule has 3 rings (SSSR count). The first-order valence-corrected chi connectivity index (χ1v) is 6.29. The van der Waals surface area contributed by atoms with Crippen LogP contribution in [0.1, 0.15) is 5.76 Å². The lowest BCUT2D eigenvalue weighted by Crippen LogP contribution is -2.32. The number of rotatable bonds is 2. The first kappa shape index (κ1) is 13.1. The number of guanidine groups is 1. The molecular formula is C15H13FN3O2+. The third kappa shape index (κ3) is 2.43. The van der Waals surface area contributed by atoms with Gasteiger partial charge in [-0.1, -0.05) is 0 Å². The second-order valence-corrected chi connectivity index (χ2v) is 4.64. The van der Waals surface area contributed by atoms with Gasteiger partial charge in [-0.05, 0) is 36.4 Å². The molecule has 1 aliphatic rings. The van der Waals surface area contributed by atoms with Crippen molar-refractivity contribution >= 4 is 17.9 Å². The molecule has 0 saturated carbocycles. The van der Waals surface area contributed by atoms with Gasteiger partial charge in [0.1, 0.15) is 17.3 Å². The predicted octanol–water partition coefficient (Wildman–Crippen LogP) is 1.51. The number of carbonyl (C=O) groups is 1. The Hall–Kier alpha value is -2.89. The summed E-state index contributed by atoms with van der Waals surface area (Å²) in [7, 11) is 1.68. The Morgan fingerprint density at radius 3 is 2.57 bits per heavy atom. The zero-order valence-corrected chi connectivity index (χ0v) is 11.3. The summed E-state index contributed by atoms with van der Waals surface area (Å²) >= 11 is 0. The van der Waals surface area contributed by atoms with Gasteiger partial charge in [0.15, 0.2) is 5.70 Å². The number of halogens is 1. The van der Waals surface area contributed by atoms with Crippen molar-refractivity contribution < 1.29 is 18.2 Å². The van der Waals surface area contributed by atoms with Crippen molar-refractivity contribution in [3.63, 3.8) is 0 Å². The zero-order valence-electron chi connectivity index (χ0n) is 11.3. The Balaban J connectivity index is 1.93. The summed E-state index contributed by atoms with van der Waals surface area (Å²) in [4.78, 5) is 11.7. The normalized spacial score (nSPS) is 16.7. The van der Waals surface area contributed by atoms with Crippen LogP contribution in [0.2, 0.25) is 0 Å². The van der Waals surface area contributed by atoms with Gasteiger partial charge in [0.2, 0.25) is 0 Å². The number of nitrogens with zero attached hydrogens (tertiary/aromatic N) is 1. The first-order chi connectivity index (χ1) is 10.0. The summed E-state index contributed by atoms with van der Waals surface area (Å²) in [5.74, 6) is 0.801. The molecule has 21 heavy (non-hydrogen) atoms. The number of hydrogen-bond donors (Lipinski definition) is 2. The maximum absolute atomic E-state index is 12.9. The highest BCUT2D eigenvalue weighted by molar-refractivity contribution is 6.08. The van der Waals surface area contributed by atoms with Crippen LogP contribution >= 0.6 is 0 Å². The molecule has 5 nitrogen and oxygen atoms in total. The SMILES string of the molecule is C[N+]1=C(N)NC(=O)C1=Cc1ccc(-c2ccc(F)cc2)o1. The molecule has 1 aromatic heterocycles. The molecule has 6 heteroatoms. The van der Waals surface area contributed by atoms with Crippen LogP contribution in [0.3, 0.4) is 0 Å². The summed E-state index contributed by atoms with van der Waals surface area (Å²) < 4.78 is 20.1. The summed E-state index contributed by atoms with van der Waals surface area (Å²) in [6.07, 6.45) is 1.60. The molecule has 0 saturated heterocycles. The van der Waals surface area contributed by atoms with E-state index in [1.54, 1.807) is 42.0 Å². The lowest BCUT2D eigenvalue weighted by atomic mass is 10.2. The topological polar surface area (TPSA) is 71.3 Å². The molecule has 2 heterocycles. The van der Waals surface area contributed by atoms with Gasteiger partial charge >= 0.3 is 11.9 Å². The molecule has 3 N–H and O–H groups in total. The van der Waals surface area contributed by atoms with Gasteiger partial charge in [-0.25, -0.2) is 19.1 Å². The zero-order chi connectivity index (χ0) is 15.0. The first-order valence-electron chi connectivity index (χ1n) is 6.29. The average Bonchev–Trinajstić information content (AvgIpc) is 3.01. The van der Waals surface area contributed by atoms with Crippen LogP contribution in [0.4, 0.5) is 4.39 Å². The van der Waals surface area contributed by atoms with Gasteiger partial charge in [-0.15, -0.1) is 0 Å². The average molecular weight is 286 g/mol. The van der Waals surface area contributed by atoms with E-state index in [9.17, 15) is 9.18 Å². The molecule has 106 valence electrons. The smallest absolute Gasteiger partial charge is 0.356 e. The fraction of sp³-hybridized carbons (Fsp3) is 0.0667. The van der Waals surface area contributed by atoms with Crippen molar-refractivity contribution in [3.05, 3.63) is 53.7 Å². The Labute approximate surface area is 120 Å². The molecule has 0 radical (unpaired) electrons. The van der Waals surface area contributed by atoms with Crippen LogP contribution in [0, 0.1) is 5.82 Å². The summed E-state index contributed by atoms with van der Waals surface area (Å²) in [5.41, 5.74) is 6.78. The quantitative estimate of drug-likeness (QED) is 0.649. The molecule has 2 aromatic rings. The number of nitrogens with two attached hydrogens (primary N) is 1. The highest BCUT2D eigenvalue weighted by Gasteiger charge is 2.29. The molecule has 1 aliphatic heterocycles. The molecule has 0 fully saturated rings. The van der Waals surface area contributed by atoms with Crippen molar-refractivity contribution in [2.45, 2.75) is 0 Å². The van der Waals surface area contributed by atoms with Crippen molar-refractivity contribution in [2.24, 2.45) is 5.73 Å². The van der Waals surface area contributed by atoms with E-state index in [1.807, 2.05) is 0 Å². The molecule has 1 amide bonds. The highest BCUT2D eigenvalue weighted by Crippen LogP contribution is 2.24. The number of nitrogens with one attached hydrogen (secondary N) is 1. The predicted molar refractivity (Wildman–Crippen MR) is 75.6 cm³/mol. The van der Waals surface area contributed by atoms with Crippen LogP contribution in [0.25, 0.3) is 17.4 Å². The maximum Gasteiger partial charge on any atom is 0.356 e. The molecule has 0 bridgehead atoms. The Bertz CT molecular complexity index is 772. The summed E-state index contributed by atoms with van der Waals surface area (Å²) in [5, 5.41) is 2.51. The largest absolute Gasteiger partial charge is 0.457 e. The van der Waals surface area contributed by atoms with E-state index in [0.29, 0.717) is 17.2 Å². The van der Waals surface area contributed by atoms with E-state index in [0.717, 1.165) is 5.56 Å². The van der Waals surface area contributed by atoms with Crippen LogP contribution in [-0.2, 0) is 4.79 Å². The fourth-order valence-corrected chi connectivity index (χ4v) is 2.04. The number of furan rings is 1. The van der Waals surface area contributed by atoms with Gasteiger partial charge in [-0.3, -0.25) is 5.73 Å².